The summed E-state index contributed by atoms with van der Waals surface area (Å²) in [7, 11) is 0. The van der Waals surface area contributed by atoms with Crippen LogP contribution in [0.2, 0.25) is 0 Å². The molecular formula is C9H20ClN. The molecule has 0 aliphatic carbocycles. The molecule has 1 heterocycles. The lowest BCUT2D eigenvalue weighted by Crippen LogP contribution is -2.29. The van der Waals surface area contributed by atoms with Gasteiger partial charge in [0.15, 0.2) is 0 Å². The van der Waals surface area contributed by atoms with Gasteiger partial charge in [0, 0.05) is 6.04 Å². The van der Waals surface area contributed by atoms with Crippen molar-refractivity contribution >= 4 is 12.4 Å². The third kappa shape index (κ3) is 3.44. The highest BCUT2D eigenvalue weighted by atomic mass is 35.5. The van der Waals surface area contributed by atoms with E-state index in [9.17, 15) is 0 Å². The molecule has 0 bridgehead atoms. The second-order valence-corrected chi connectivity index (χ2v) is 3.38. The normalized spacial score (nSPS) is 21.3. The van der Waals surface area contributed by atoms with Crippen molar-refractivity contribution in [1.29, 1.82) is 0 Å². The first-order valence-electron chi connectivity index (χ1n) is 4.58. The smallest absolute Gasteiger partial charge is 0.00668 e. The van der Waals surface area contributed by atoms with Gasteiger partial charge in [-0.25, -0.2) is 0 Å². The first kappa shape index (κ1) is 11.2. The Balaban J connectivity index is 0.000001000. The van der Waals surface area contributed by atoms with Gasteiger partial charge < -0.3 is 4.90 Å². The maximum Gasteiger partial charge on any atom is 0.00668 e. The summed E-state index contributed by atoms with van der Waals surface area (Å²) in [6.45, 7) is 7.32. The summed E-state index contributed by atoms with van der Waals surface area (Å²) in [4.78, 5) is 2.61. The molecule has 0 saturated carbocycles. The highest BCUT2D eigenvalue weighted by molar-refractivity contribution is 5.85. The van der Waals surface area contributed by atoms with Gasteiger partial charge in [-0.15, -0.1) is 12.4 Å². The van der Waals surface area contributed by atoms with Gasteiger partial charge in [-0.05, 0) is 39.3 Å². The molecule has 1 aliphatic heterocycles. The zero-order chi connectivity index (χ0) is 7.40. The Morgan fingerprint density at radius 1 is 1.27 bits per heavy atom. The van der Waals surface area contributed by atoms with Crippen LogP contribution in [-0.4, -0.2) is 24.0 Å². The van der Waals surface area contributed by atoms with Crippen LogP contribution in [-0.2, 0) is 0 Å². The van der Waals surface area contributed by atoms with Crippen LogP contribution in [0, 0.1) is 0 Å². The van der Waals surface area contributed by atoms with Gasteiger partial charge in [0.1, 0.15) is 0 Å². The maximum absolute atomic E-state index is 2.61. The molecular weight excluding hydrogens is 158 g/mol. The van der Waals surface area contributed by atoms with E-state index in [0.29, 0.717) is 0 Å². The molecule has 0 spiro atoms. The van der Waals surface area contributed by atoms with Gasteiger partial charge in [-0.3, -0.25) is 0 Å². The van der Waals surface area contributed by atoms with Crippen molar-refractivity contribution in [3.63, 3.8) is 0 Å². The molecule has 0 aromatic rings. The van der Waals surface area contributed by atoms with Crippen LogP contribution in [0.4, 0.5) is 0 Å². The van der Waals surface area contributed by atoms with E-state index in [1.165, 1.54) is 38.8 Å². The molecule has 2 heteroatoms. The van der Waals surface area contributed by atoms with Crippen LogP contribution in [0.25, 0.3) is 0 Å². The van der Waals surface area contributed by atoms with Crippen LogP contribution in [0.15, 0.2) is 0 Å². The fourth-order valence-corrected chi connectivity index (χ4v) is 1.78. The molecule has 1 atom stereocenters. The molecule has 0 aromatic carbocycles. The number of rotatable bonds is 3. The van der Waals surface area contributed by atoms with Crippen LogP contribution in [0.5, 0.6) is 0 Å². The van der Waals surface area contributed by atoms with Crippen molar-refractivity contribution in [2.45, 2.75) is 45.6 Å². The van der Waals surface area contributed by atoms with Gasteiger partial charge in [0.25, 0.3) is 0 Å². The Bertz CT molecular complexity index is 89.6. The topological polar surface area (TPSA) is 3.24 Å². The molecule has 1 nitrogen and oxygen atoms in total. The van der Waals surface area contributed by atoms with E-state index in [2.05, 4.69) is 18.7 Å². The number of halogens is 1. The second kappa shape index (κ2) is 5.84. The third-order valence-electron chi connectivity index (χ3n) is 2.47. The first-order valence-corrected chi connectivity index (χ1v) is 4.58. The fraction of sp³-hybridized carbons (Fsp3) is 1.00. The minimum absolute atomic E-state index is 0. The van der Waals surface area contributed by atoms with Crippen molar-refractivity contribution in [2.75, 3.05) is 13.1 Å². The van der Waals surface area contributed by atoms with Crippen LogP contribution in [0.1, 0.15) is 39.5 Å². The lowest BCUT2D eigenvalue weighted by atomic mass is 10.2. The van der Waals surface area contributed by atoms with Crippen molar-refractivity contribution in [3.05, 3.63) is 0 Å². The van der Waals surface area contributed by atoms with Crippen molar-refractivity contribution in [2.24, 2.45) is 0 Å². The highest BCUT2D eigenvalue weighted by Crippen LogP contribution is 2.14. The predicted octanol–water partition coefficient (Wildman–Crippen LogP) is 2.69. The zero-order valence-electron chi connectivity index (χ0n) is 7.68. The summed E-state index contributed by atoms with van der Waals surface area (Å²) in [6.07, 6.45) is 5.56. The summed E-state index contributed by atoms with van der Waals surface area (Å²) < 4.78 is 0. The number of nitrogens with zero attached hydrogens (tertiary/aromatic N) is 1. The van der Waals surface area contributed by atoms with E-state index >= 15 is 0 Å². The van der Waals surface area contributed by atoms with Crippen LogP contribution in [0.3, 0.4) is 0 Å². The lowest BCUT2D eigenvalue weighted by Gasteiger charge is -2.22. The van der Waals surface area contributed by atoms with E-state index in [0.717, 1.165) is 6.04 Å². The van der Waals surface area contributed by atoms with E-state index in [1.54, 1.807) is 0 Å². The van der Waals surface area contributed by atoms with Gasteiger partial charge in [0.05, 0.1) is 0 Å². The largest absolute Gasteiger partial charge is 0.301 e. The van der Waals surface area contributed by atoms with Gasteiger partial charge >= 0.3 is 0 Å². The van der Waals surface area contributed by atoms with Crippen molar-refractivity contribution in [3.8, 4) is 0 Å². The number of hydrogen-bond acceptors (Lipinski definition) is 1. The van der Waals surface area contributed by atoms with E-state index in [-0.39, 0.29) is 12.4 Å². The Morgan fingerprint density at radius 3 is 2.27 bits per heavy atom. The summed E-state index contributed by atoms with van der Waals surface area (Å²) in [6, 6.07) is 0.840. The molecule has 1 fully saturated rings. The Labute approximate surface area is 76.6 Å². The number of hydrogen-bond donors (Lipinski definition) is 0. The quantitative estimate of drug-likeness (QED) is 0.641. The SMILES string of the molecule is CCCC(C)N1CCCC1.Cl. The zero-order valence-corrected chi connectivity index (χ0v) is 8.49. The first-order chi connectivity index (χ1) is 4.84. The summed E-state index contributed by atoms with van der Waals surface area (Å²) in [5, 5.41) is 0. The van der Waals surface area contributed by atoms with Gasteiger partial charge in [-0.1, -0.05) is 13.3 Å². The minimum atomic E-state index is 0. The summed E-state index contributed by atoms with van der Waals surface area (Å²) in [5.41, 5.74) is 0. The van der Waals surface area contributed by atoms with Crippen molar-refractivity contribution in [1.82, 2.24) is 4.90 Å². The third-order valence-corrected chi connectivity index (χ3v) is 2.47. The van der Waals surface area contributed by atoms with E-state index in [4.69, 9.17) is 0 Å². The second-order valence-electron chi connectivity index (χ2n) is 3.38. The van der Waals surface area contributed by atoms with Crippen LogP contribution >= 0.6 is 12.4 Å². The maximum atomic E-state index is 2.61. The molecule has 0 amide bonds. The fourth-order valence-electron chi connectivity index (χ4n) is 1.78. The van der Waals surface area contributed by atoms with E-state index < -0.39 is 0 Å². The highest BCUT2D eigenvalue weighted by Gasteiger charge is 2.16. The van der Waals surface area contributed by atoms with Gasteiger partial charge in [0.2, 0.25) is 0 Å². The molecule has 1 unspecified atom stereocenters. The molecule has 68 valence electrons. The Hall–Kier alpha value is 0.250. The molecule has 1 aliphatic rings. The Morgan fingerprint density at radius 2 is 1.82 bits per heavy atom. The monoisotopic (exact) mass is 177 g/mol. The van der Waals surface area contributed by atoms with Gasteiger partial charge in [-0.2, -0.15) is 0 Å². The molecule has 0 radical (unpaired) electrons. The average molecular weight is 178 g/mol. The number of likely N-dealkylation sites (tertiary alicyclic amines) is 1. The molecule has 0 aromatic heterocycles. The van der Waals surface area contributed by atoms with Crippen LogP contribution < -0.4 is 0 Å². The lowest BCUT2D eigenvalue weighted by molar-refractivity contribution is 0.246. The van der Waals surface area contributed by atoms with Crippen molar-refractivity contribution < 1.29 is 0 Å². The Kier molecular flexibility index (Phi) is 5.98. The molecule has 11 heavy (non-hydrogen) atoms. The predicted molar refractivity (Wildman–Crippen MR) is 52.4 cm³/mol. The van der Waals surface area contributed by atoms with E-state index in [1.807, 2.05) is 0 Å². The summed E-state index contributed by atoms with van der Waals surface area (Å²) >= 11 is 0. The summed E-state index contributed by atoms with van der Waals surface area (Å²) in [5.74, 6) is 0. The molecule has 0 N–H and O–H groups in total. The minimum Gasteiger partial charge on any atom is -0.301 e. The molecule has 1 saturated heterocycles. The average Bonchev–Trinajstić information content (AvgIpc) is 2.38. The standard InChI is InChI=1S/C9H19N.ClH/c1-3-6-9(2)10-7-4-5-8-10;/h9H,3-8H2,1-2H3;1H. The molecule has 1 rings (SSSR count).